The van der Waals surface area contributed by atoms with Crippen molar-refractivity contribution in [3.05, 3.63) is 87.9 Å². The molecule has 0 saturated carbocycles. The van der Waals surface area contributed by atoms with Crippen molar-refractivity contribution >= 4 is 40.8 Å². The summed E-state index contributed by atoms with van der Waals surface area (Å²) >= 11 is 12.3. The van der Waals surface area contributed by atoms with Crippen LogP contribution in [0, 0.1) is 0 Å². The lowest BCUT2D eigenvalue weighted by Crippen LogP contribution is -2.25. The summed E-state index contributed by atoms with van der Waals surface area (Å²) in [4.78, 5) is 25.5. The van der Waals surface area contributed by atoms with E-state index in [9.17, 15) is 9.59 Å². The number of amides is 1. The van der Waals surface area contributed by atoms with E-state index in [4.69, 9.17) is 27.9 Å². The third-order valence-corrected chi connectivity index (χ3v) is 4.55. The second-order valence-corrected chi connectivity index (χ2v) is 8.61. The first-order valence-corrected chi connectivity index (χ1v) is 10.1. The zero-order valence-corrected chi connectivity index (χ0v) is 18.3. The molecule has 0 aromatic heterocycles. The first-order valence-electron chi connectivity index (χ1n) is 9.33. The SMILES string of the molecule is CC(C)(C)OC(=O)c1ccc(-c2cc(Cl)cc(Cl)c2)cc1NC(=O)c1ccccc1. The summed E-state index contributed by atoms with van der Waals surface area (Å²) in [5, 5.41) is 3.81. The lowest BCUT2D eigenvalue weighted by molar-refractivity contribution is 0.00708. The quantitative estimate of drug-likeness (QED) is 0.449. The fourth-order valence-corrected chi connectivity index (χ4v) is 3.37. The Morgan fingerprint density at radius 3 is 2.07 bits per heavy atom. The second kappa shape index (κ2) is 8.90. The molecule has 30 heavy (non-hydrogen) atoms. The van der Waals surface area contributed by atoms with Crippen LogP contribution in [0.1, 0.15) is 41.5 Å². The molecule has 3 aromatic rings. The number of ether oxygens (including phenoxy) is 1. The van der Waals surface area contributed by atoms with Gasteiger partial charge in [-0.3, -0.25) is 4.79 Å². The van der Waals surface area contributed by atoms with E-state index in [2.05, 4.69) is 5.32 Å². The second-order valence-electron chi connectivity index (χ2n) is 7.74. The normalized spacial score (nSPS) is 11.1. The van der Waals surface area contributed by atoms with E-state index < -0.39 is 11.6 Å². The van der Waals surface area contributed by atoms with E-state index in [1.165, 1.54) is 0 Å². The van der Waals surface area contributed by atoms with Gasteiger partial charge in [0.15, 0.2) is 0 Å². The molecule has 0 unspecified atom stereocenters. The van der Waals surface area contributed by atoms with Gasteiger partial charge in [-0.2, -0.15) is 0 Å². The number of hydrogen-bond acceptors (Lipinski definition) is 3. The van der Waals surface area contributed by atoms with Gasteiger partial charge < -0.3 is 10.1 Å². The van der Waals surface area contributed by atoms with Gasteiger partial charge in [0, 0.05) is 15.6 Å². The minimum Gasteiger partial charge on any atom is -0.456 e. The van der Waals surface area contributed by atoms with Gasteiger partial charge in [-0.05, 0) is 74.4 Å². The van der Waals surface area contributed by atoms with E-state index in [0.717, 1.165) is 11.1 Å². The van der Waals surface area contributed by atoms with E-state index >= 15 is 0 Å². The van der Waals surface area contributed by atoms with Crippen LogP contribution >= 0.6 is 23.2 Å². The summed E-state index contributed by atoms with van der Waals surface area (Å²) in [6.07, 6.45) is 0. The molecule has 4 nitrogen and oxygen atoms in total. The number of anilines is 1. The highest BCUT2D eigenvalue weighted by Crippen LogP contribution is 2.31. The fourth-order valence-electron chi connectivity index (χ4n) is 2.84. The minimum absolute atomic E-state index is 0.256. The average molecular weight is 442 g/mol. The van der Waals surface area contributed by atoms with Crippen molar-refractivity contribution < 1.29 is 14.3 Å². The number of benzene rings is 3. The van der Waals surface area contributed by atoms with Crippen molar-refractivity contribution in [1.29, 1.82) is 0 Å². The van der Waals surface area contributed by atoms with Crippen LogP contribution in [0.5, 0.6) is 0 Å². The highest BCUT2D eigenvalue weighted by molar-refractivity contribution is 6.35. The first kappa shape index (κ1) is 21.9. The molecule has 0 bridgehead atoms. The molecule has 0 saturated heterocycles. The molecule has 3 rings (SSSR count). The molecule has 1 amide bonds. The van der Waals surface area contributed by atoms with Crippen LogP contribution in [0.4, 0.5) is 5.69 Å². The largest absolute Gasteiger partial charge is 0.456 e. The summed E-state index contributed by atoms with van der Waals surface area (Å²) in [5.41, 5.74) is 1.91. The molecule has 0 aliphatic carbocycles. The van der Waals surface area contributed by atoms with E-state index in [0.29, 0.717) is 21.3 Å². The summed E-state index contributed by atoms with van der Waals surface area (Å²) in [6, 6.07) is 19.0. The molecule has 6 heteroatoms. The maximum atomic E-state index is 12.7. The van der Waals surface area contributed by atoms with E-state index in [-0.39, 0.29) is 11.5 Å². The highest BCUT2D eigenvalue weighted by atomic mass is 35.5. The summed E-state index contributed by atoms with van der Waals surface area (Å²) < 4.78 is 5.50. The summed E-state index contributed by atoms with van der Waals surface area (Å²) in [5.74, 6) is -0.858. The van der Waals surface area contributed by atoms with E-state index in [1.54, 1.807) is 81.4 Å². The topological polar surface area (TPSA) is 55.4 Å². The van der Waals surface area contributed by atoms with Gasteiger partial charge in [0.05, 0.1) is 11.3 Å². The highest BCUT2D eigenvalue weighted by Gasteiger charge is 2.22. The lowest BCUT2D eigenvalue weighted by Gasteiger charge is -2.21. The summed E-state index contributed by atoms with van der Waals surface area (Å²) in [7, 11) is 0. The number of carbonyl (C=O) groups excluding carboxylic acids is 2. The van der Waals surface area contributed by atoms with Gasteiger partial charge >= 0.3 is 5.97 Å². The van der Waals surface area contributed by atoms with Crippen molar-refractivity contribution in [2.45, 2.75) is 26.4 Å². The van der Waals surface area contributed by atoms with Crippen molar-refractivity contribution in [1.82, 2.24) is 0 Å². The molecule has 0 atom stereocenters. The van der Waals surface area contributed by atoms with Crippen LogP contribution in [-0.4, -0.2) is 17.5 Å². The number of esters is 1. The number of hydrogen-bond donors (Lipinski definition) is 1. The Balaban J connectivity index is 2.04. The standard InChI is InChI=1S/C24H21Cl2NO3/c1-24(2,3)30-23(29)20-10-9-16(17-11-18(25)14-19(26)12-17)13-21(20)27-22(28)15-7-5-4-6-8-15/h4-14H,1-3H3,(H,27,28). The van der Waals surface area contributed by atoms with Crippen molar-refractivity contribution in [2.75, 3.05) is 5.32 Å². The van der Waals surface area contributed by atoms with Gasteiger partial charge in [-0.15, -0.1) is 0 Å². The molecule has 3 aromatic carbocycles. The number of nitrogens with one attached hydrogen (secondary N) is 1. The maximum Gasteiger partial charge on any atom is 0.340 e. The molecule has 0 aliphatic rings. The van der Waals surface area contributed by atoms with Crippen molar-refractivity contribution in [2.24, 2.45) is 0 Å². The minimum atomic E-state index is -0.670. The van der Waals surface area contributed by atoms with Gasteiger partial charge in [0.1, 0.15) is 5.60 Å². The lowest BCUT2D eigenvalue weighted by atomic mass is 10.0. The molecule has 1 N–H and O–H groups in total. The fraction of sp³-hybridized carbons (Fsp3) is 0.167. The predicted molar refractivity (Wildman–Crippen MR) is 121 cm³/mol. The van der Waals surface area contributed by atoms with Gasteiger partial charge in [-0.25, -0.2) is 4.79 Å². The van der Waals surface area contributed by atoms with Gasteiger partial charge in [0.2, 0.25) is 0 Å². The molecule has 0 heterocycles. The molecule has 0 fully saturated rings. The number of carbonyl (C=O) groups is 2. The zero-order valence-electron chi connectivity index (χ0n) is 16.8. The zero-order chi connectivity index (χ0) is 21.9. The molecule has 0 radical (unpaired) electrons. The molecular formula is C24H21Cl2NO3. The Morgan fingerprint density at radius 1 is 0.833 bits per heavy atom. The Labute approximate surface area is 185 Å². The van der Waals surface area contributed by atoms with Gasteiger partial charge in [0.25, 0.3) is 5.91 Å². The maximum absolute atomic E-state index is 12.7. The molecule has 154 valence electrons. The van der Waals surface area contributed by atoms with Crippen LogP contribution in [0.25, 0.3) is 11.1 Å². The van der Waals surface area contributed by atoms with Crippen LogP contribution < -0.4 is 5.32 Å². The number of rotatable bonds is 4. The first-order chi connectivity index (χ1) is 14.1. The monoisotopic (exact) mass is 441 g/mol. The Morgan fingerprint density at radius 2 is 1.47 bits per heavy atom. The van der Waals surface area contributed by atoms with Crippen LogP contribution in [0.2, 0.25) is 10.0 Å². The molecular weight excluding hydrogens is 421 g/mol. The third kappa shape index (κ3) is 5.62. The van der Waals surface area contributed by atoms with Crippen molar-refractivity contribution in [3.63, 3.8) is 0 Å². The average Bonchev–Trinajstić information content (AvgIpc) is 2.66. The van der Waals surface area contributed by atoms with Gasteiger partial charge in [-0.1, -0.05) is 47.5 Å². The predicted octanol–water partition coefficient (Wildman–Crippen LogP) is 6.87. The van der Waals surface area contributed by atoms with Crippen LogP contribution in [0.15, 0.2) is 66.7 Å². The van der Waals surface area contributed by atoms with E-state index in [1.807, 2.05) is 6.07 Å². The van der Waals surface area contributed by atoms with Crippen LogP contribution in [0.3, 0.4) is 0 Å². The Bertz CT molecular complexity index is 1070. The molecule has 0 spiro atoms. The Hall–Kier alpha value is -2.82. The Kier molecular flexibility index (Phi) is 6.49. The smallest absolute Gasteiger partial charge is 0.340 e. The summed E-state index contributed by atoms with van der Waals surface area (Å²) in [6.45, 7) is 5.36. The van der Waals surface area contributed by atoms with Crippen LogP contribution in [-0.2, 0) is 4.74 Å². The molecule has 0 aliphatic heterocycles. The number of halogens is 2. The third-order valence-electron chi connectivity index (χ3n) is 4.12. The van der Waals surface area contributed by atoms with Crippen molar-refractivity contribution in [3.8, 4) is 11.1 Å².